The van der Waals surface area contributed by atoms with Gasteiger partial charge in [-0.15, -0.1) is 0 Å². The molecule has 0 spiro atoms. The van der Waals surface area contributed by atoms with Crippen molar-refractivity contribution in [1.82, 2.24) is 0 Å². The minimum absolute atomic E-state index is 0.0758. The average molecular weight is 476 g/mol. The molecule has 6 heteroatoms. The maximum Gasteiger partial charge on any atom is 0.346 e. The molecule has 3 nitrogen and oxygen atoms in total. The van der Waals surface area contributed by atoms with E-state index in [1.54, 1.807) is 19.1 Å². The van der Waals surface area contributed by atoms with Crippen LogP contribution in [0.3, 0.4) is 0 Å². The van der Waals surface area contributed by atoms with Gasteiger partial charge in [-0.3, -0.25) is 0 Å². The summed E-state index contributed by atoms with van der Waals surface area (Å²) in [6.07, 6.45) is 0.858. The van der Waals surface area contributed by atoms with Crippen molar-refractivity contribution in [3.63, 3.8) is 0 Å². The molecule has 4 rings (SSSR count). The average Bonchev–Trinajstić information content (AvgIpc) is 2.86. The van der Waals surface area contributed by atoms with Gasteiger partial charge >= 0.3 is 5.97 Å². The molecule has 0 aliphatic carbocycles. The number of hydrogen-bond donors (Lipinski definition) is 0. The Morgan fingerprint density at radius 3 is 1.77 bits per heavy atom. The Labute approximate surface area is 201 Å². The number of ether oxygens (including phenoxy) is 2. The predicted molar refractivity (Wildman–Crippen MR) is 129 cm³/mol. The van der Waals surface area contributed by atoms with Crippen molar-refractivity contribution in [3.8, 4) is 33.8 Å². The van der Waals surface area contributed by atoms with E-state index in [0.29, 0.717) is 23.5 Å². The van der Waals surface area contributed by atoms with Gasteiger partial charge in [0, 0.05) is 17.2 Å². The van der Waals surface area contributed by atoms with Crippen LogP contribution in [-0.2, 0) is 6.42 Å². The molecule has 4 aromatic rings. The second-order valence-electron chi connectivity index (χ2n) is 7.83. The van der Waals surface area contributed by atoms with E-state index < -0.39 is 23.4 Å². The van der Waals surface area contributed by atoms with Gasteiger partial charge in [-0.25, -0.2) is 18.0 Å². The molecule has 4 aromatic carbocycles. The Balaban J connectivity index is 1.52. The van der Waals surface area contributed by atoms with Gasteiger partial charge in [0.1, 0.15) is 17.3 Å². The van der Waals surface area contributed by atoms with Crippen molar-refractivity contribution in [3.05, 3.63) is 107 Å². The van der Waals surface area contributed by atoms with E-state index in [9.17, 15) is 18.0 Å². The molecule has 0 radical (unpaired) electrons. The lowest BCUT2D eigenvalue weighted by Gasteiger charge is -2.11. The summed E-state index contributed by atoms with van der Waals surface area (Å²) in [6.45, 7) is 4.16. The van der Waals surface area contributed by atoms with Crippen molar-refractivity contribution in [2.24, 2.45) is 0 Å². The lowest BCUT2D eigenvalue weighted by molar-refractivity contribution is 0.0730. The molecule has 0 heterocycles. The van der Waals surface area contributed by atoms with Crippen LogP contribution in [0.1, 0.15) is 29.8 Å². The standard InChI is InChI=1S/C29H23F3O3/c1-3-18-5-7-19(8-6-18)23-15-16-24(28(32)27(23)31)20-9-11-21(12-10-20)35-29(33)25-14-13-22(34-4-2)17-26(25)30/h5-17H,3-4H2,1-2H3. The van der Waals surface area contributed by atoms with Crippen LogP contribution in [0.15, 0.2) is 78.9 Å². The van der Waals surface area contributed by atoms with Gasteiger partial charge in [0.15, 0.2) is 11.6 Å². The topological polar surface area (TPSA) is 35.5 Å². The lowest BCUT2D eigenvalue weighted by atomic mass is 9.98. The van der Waals surface area contributed by atoms with Crippen LogP contribution in [0.5, 0.6) is 11.5 Å². The number of carbonyl (C=O) groups excluding carboxylic acids is 1. The van der Waals surface area contributed by atoms with E-state index in [-0.39, 0.29) is 22.4 Å². The molecular weight excluding hydrogens is 453 g/mol. The summed E-state index contributed by atoms with van der Waals surface area (Å²) in [6, 6.07) is 20.1. The number of rotatable bonds is 7. The first kappa shape index (κ1) is 24.1. The van der Waals surface area contributed by atoms with Crippen LogP contribution < -0.4 is 9.47 Å². The van der Waals surface area contributed by atoms with Crippen LogP contribution in [-0.4, -0.2) is 12.6 Å². The fourth-order valence-electron chi connectivity index (χ4n) is 3.70. The van der Waals surface area contributed by atoms with Gasteiger partial charge in [0.25, 0.3) is 0 Å². The van der Waals surface area contributed by atoms with Crippen LogP contribution in [0.25, 0.3) is 22.3 Å². The summed E-state index contributed by atoms with van der Waals surface area (Å²) in [4.78, 5) is 12.4. The first-order chi connectivity index (χ1) is 16.9. The van der Waals surface area contributed by atoms with Crippen molar-refractivity contribution < 1.29 is 27.4 Å². The molecule has 0 saturated heterocycles. The fraction of sp³-hybridized carbons (Fsp3) is 0.138. The molecule has 0 aromatic heterocycles. The molecule has 0 unspecified atom stereocenters. The molecule has 0 atom stereocenters. The Morgan fingerprint density at radius 2 is 1.26 bits per heavy atom. The summed E-state index contributed by atoms with van der Waals surface area (Å²) in [5.74, 6) is -3.10. The van der Waals surface area contributed by atoms with E-state index in [1.165, 1.54) is 48.5 Å². The smallest absolute Gasteiger partial charge is 0.346 e. The third-order valence-corrected chi connectivity index (χ3v) is 5.60. The fourth-order valence-corrected chi connectivity index (χ4v) is 3.70. The van der Waals surface area contributed by atoms with E-state index in [4.69, 9.17) is 9.47 Å². The molecule has 0 amide bonds. The second-order valence-corrected chi connectivity index (χ2v) is 7.83. The zero-order valence-corrected chi connectivity index (χ0v) is 19.3. The van der Waals surface area contributed by atoms with E-state index in [0.717, 1.165) is 18.1 Å². The zero-order valence-electron chi connectivity index (χ0n) is 19.3. The third kappa shape index (κ3) is 5.22. The highest BCUT2D eigenvalue weighted by molar-refractivity contribution is 5.91. The van der Waals surface area contributed by atoms with Crippen LogP contribution in [0.2, 0.25) is 0 Å². The Kier molecular flexibility index (Phi) is 7.20. The SMILES string of the molecule is CCOc1ccc(C(=O)Oc2ccc(-c3ccc(-c4ccc(CC)cc4)c(F)c3F)cc2)c(F)c1. The van der Waals surface area contributed by atoms with E-state index in [2.05, 4.69) is 0 Å². The molecule has 0 N–H and O–H groups in total. The van der Waals surface area contributed by atoms with Crippen LogP contribution in [0, 0.1) is 17.5 Å². The third-order valence-electron chi connectivity index (χ3n) is 5.60. The Bertz CT molecular complexity index is 1350. The van der Waals surface area contributed by atoms with Crippen molar-refractivity contribution in [1.29, 1.82) is 0 Å². The number of hydrogen-bond acceptors (Lipinski definition) is 3. The number of benzene rings is 4. The summed E-state index contributed by atoms with van der Waals surface area (Å²) >= 11 is 0. The van der Waals surface area contributed by atoms with Gasteiger partial charge < -0.3 is 9.47 Å². The highest BCUT2D eigenvalue weighted by atomic mass is 19.2. The van der Waals surface area contributed by atoms with E-state index >= 15 is 0 Å². The second kappa shape index (κ2) is 10.5. The molecule has 0 aliphatic rings. The minimum atomic E-state index is -0.969. The maximum absolute atomic E-state index is 14.9. The largest absolute Gasteiger partial charge is 0.494 e. The van der Waals surface area contributed by atoms with Gasteiger partial charge in [-0.2, -0.15) is 0 Å². The Hall–Kier alpha value is -4.06. The maximum atomic E-state index is 14.9. The van der Waals surface area contributed by atoms with Crippen molar-refractivity contribution >= 4 is 5.97 Å². The van der Waals surface area contributed by atoms with Crippen LogP contribution in [0.4, 0.5) is 13.2 Å². The normalized spacial score (nSPS) is 10.8. The summed E-state index contributed by atoms with van der Waals surface area (Å²) in [5, 5.41) is 0. The van der Waals surface area contributed by atoms with E-state index in [1.807, 2.05) is 19.1 Å². The number of carbonyl (C=O) groups is 1. The van der Waals surface area contributed by atoms with Crippen molar-refractivity contribution in [2.45, 2.75) is 20.3 Å². The zero-order chi connectivity index (χ0) is 24.9. The molecule has 0 saturated carbocycles. The Morgan fingerprint density at radius 1 is 0.714 bits per heavy atom. The summed E-state index contributed by atoms with van der Waals surface area (Å²) in [5.41, 5.74) is 2.12. The number of aryl methyl sites for hydroxylation is 1. The quantitative estimate of drug-likeness (QED) is 0.203. The number of esters is 1. The molecule has 0 aliphatic heterocycles. The highest BCUT2D eigenvalue weighted by Gasteiger charge is 2.18. The summed E-state index contributed by atoms with van der Waals surface area (Å²) in [7, 11) is 0. The summed E-state index contributed by atoms with van der Waals surface area (Å²) < 4.78 is 54.5. The van der Waals surface area contributed by atoms with Gasteiger partial charge in [-0.1, -0.05) is 55.5 Å². The minimum Gasteiger partial charge on any atom is -0.494 e. The molecular formula is C29H23F3O3. The molecule has 0 bridgehead atoms. The molecule has 35 heavy (non-hydrogen) atoms. The predicted octanol–water partition coefficient (Wildman–Crippen LogP) is 7.62. The number of halogens is 3. The highest BCUT2D eigenvalue weighted by Crippen LogP contribution is 2.32. The van der Waals surface area contributed by atoms with Gasteiger partial charge in [0.05, 0.1) is 12.2 Å². The van der Waals surface area contributed by atoms with Crippen LogP contribution >= 0.6 is 0 Å². The lowest BCUT2D eigenvalue weighted by Crippen LogP contribution is -2.11. The first-order valence-corrected chi connectivity index (χ1v) is 11.2. The monoisotopic (exact) mass is 476 g/mol. The molecule has 0 fully saturated rings. The van der Waals surface area contributed by atoms with Gasteiger partial charge in [-0.05, 0) is 54.3 Å². The first-order valence-electron chi connectivity index (χ1n) is 11.2. The van der Waals surface area contributed by atoms with Gasteiger partial charge in [0.2, 0.25) is 0 Å². The van der Waals surface area contributed by atoms with Crippen molar-refractivity contribution in [2.75, 3.05) is 6.61 Å². The molecule has 178 valence electrons.